The number of ether oxygens (including phenoxy) is 1. The van der Waals surface area contributed by atoms with Crippen molar-refractivity contribution in [1.29, 1.82) is 0 Å². The number of carbonyl (C=O) groups is 1. The molecule has 1 amide bonds. The van der Waals surface area contributed by atoms with Crippen molar-refractivity contribution < 1.29 is 9.53 Å². The minimum Gasteiger partial charge on any atom is -0.383 e. The SMILES string of the molecule is COCCN1CC[C@@H](C(=O)N2CCC3(CCCC3)C2)C1. The minimum absolute atomic E-state index is 0.239. The second kappa shape index (κ2) is 6.02. The normalized spacial score (nSPS) is 29.6. The van der Waals surface area contributed by atoms with E-state index in [4.69, 9.17) is 4.74 Å². The maximum atomic E-state index is 12.7. The van der Waals surface area contributed by atoms with Gasteiger partial charge in [-0.1, -0.05) is 12.8 Å². The molecule has 2 saturated heterocycles. The average molecular weight is 280 g/mol. The highest BCUT2D eigenvalue weighted by Gasteiger charge is 2.43. The van der Waals surface area contributed by atoms with Crippen molar-refractivity contribution in [3.8, 4) is 0 Å². The van der Waals surface area contributed by atoms with Crippen LogP contribution in [0.15, 0.2) is 0 Å². The quantitative estimate of drug-likeness (QED) is 0.786. The van der Waals surface area contributed by atoms with Gasteiger partial charge in [-0.05, 0) is 37.6 Å². The molecule has 0 aromatic heterocycles. The lowest BCUT2D eigenvalue weighted by Crippen LogP contribution is -2.37. The molecule has 1 aliphatic carbocycles. The molecule has 0 N–H and O–H groups in total. The first-order chi connectivity index (χ1) is 9.72. The number of amides is 1. The molecule has 3 aliphatic rings. The molecule has 1 spiro atoms. The Morgan fingerprint density at radius 2 is 2.05 bits per heavy atom. The van der Waals surface area contributed by atoms with Crippen LogP contribution in [0.3, 0.4) is 0 Å². The van der Waals surface area contributed by atoms with E-state index in [1.807, 2.05) is 0 Å². The Bertz CT molecular complexity index is 352. The number of methoxy groups -OCH3 is 1. The maximum absolute atomic E-state index is 12.7. The Morgan fingerprint density at radius 1 is 1.25 bits per heavy atom. The second-order valence-electron chi connectivity index (χ2n) is 7.00. The third kappa shape index (κ3) is 2.86. The molecule has 3 rings (SSSR count). The molecule has 20 heavy (non-hydrogen) atoms. The second-order valence-corrected chi connectivity index (χ2v) is 7.00. The summed E-state index contributed by atoms with van der Waals surface area (Å²) < 4.78 is 5.13. The molecule has 2 heterocycles. The highest BCUT2D eigenvalue weighted by atomic mass is 16.5. The molecule has 4 heteroatoms. The Hall–Kier alpha value is -0.610. The van der Waals surface area contributed by atoms with Crippen molar-refractivity contribution in [2.45, 2.75) is 38.5 Å². The van der Waals surface area contributed by atoms with Gasteiger partial charge < -0.3 is 14.5 Å². The number of carbonyl (C=O) groups excluding carboxylic acids is 1. The summed E-state index contributed by atoms with van der Waals surface area (Å²) in [7, 11) is 1.74. The monoisotopic (exact) mass is 280 g/mol. The van der Waals surface area contributed by atoms with Crippen molar-refractivity contribution in [2.75, 3.05) is 46.4 Å². The maximum Gasteiger partial charge on any atom is 0.227 e. The van der Waals surface area contributed by atoms with E-state index in [-0.39, 0.29) is 5.92 Å². The minimum atomic E-state index is 0.239. The van der Waals surface area contributed by atoms with Crippen molar-refractivity contribution in [2.24, 2.45) is 11.3 Å². The van der Waals surface area contributed by atoms with Crippen LogP contribution in [0, 0.1) is 11.3 Å². The van der Waals surface area contributed by atoms with Crippen LogP contribution in [0.2, 0.25) is 0 Å². The van der Waals surface area contributed by atoms with Crippen LogP contribution in [-0.4, -0.2) is 62.1 Å². The fraction of sp³-hybridized carbons (Fsp3) is 0.938. The molecule has 3 fully saturated rings. The first-order valence-electron chi connectivity index (χ1n) is 8.23. The number of rotatable bonds is 4. The van der Waals surface area contributed by atoms with Gasteiger partial charge in [-0.2, -0.15) is 0 Å². The van der Waals surface area contributed by atoms with Gasteiger partial charge in [-0.15, -0.1) is 0 Å². The first-order valence-corrected chi connectivity index (χ1v) is 8.23. The van der Waals surface area contributed by atoms with Crippen LogP contribution in [0.1, 0.15) is 38.5 Å². The van der Waals surface area contributed by atoms with E-state index in [0.717, 1.165) is 45.8 Å². The van der Waals surface area contributed by atoms with E-state index in [1.54, 1.807) is 7.11 Å². The first kappa shape index (κ1) is 14.3. The number of hydrogen-bond acceptors (Lipinski definition) is 3. The van der Waals surface area contributed by atoms with E-state index in [9.17, 15) is 4.79 Å². The van der Waals surface area contributed by atoms with Gasteiger partial charge in [0.2, 0.25) is 5.91 Å². The van der Waals surface area contributed by atoms with Crippen LogP contribution in [0.4, 0.5) is 0 Å². The van der Waals surface area contributed by atoms with Crippen molar-refractivity contribution >= 4 is 5.91 Å². The average Bonchev–Trinajstić information content (AvgIpc) is 3.18. The van der Waals surface area contributed by atoms with Gasteiger partial charge in [-0.25, -0.2) is 0 Å². The summed E-state index contributed by atoms with van der Waals surface area (Å²) in [6.07, 6.45) is 7.72. The van der Waals surface area contributed by atoms with Crippen LogP contribution >= 0.6 is 0 Å². The largest absolute Gasteiger partial charge is 0.383 e. The summed E-state index contributed by atoms with van der Waals surface area (Å²) in [5.74, 6) is 0.664. The third-order valence-electron chi connectivity index (χ3n) is 5.65. The van der Waals surface area contributed by atoms with Gasteiger partial charge in [-0.3, -0.25) is 4.79 Å². The standard InChI is InChI=1S/C16H28N2O2/c1-20-11-10-17-8-4-14(12-17)15(19)18-9-7-16(13-18)5-2-3-6-16/h14H,2-13H2,1H3/t14-/m1/s1. The highest BCUT2D eigenvalue weighted by molar-refractivity contribution is 5.79. The number of hydrogen-bond donors (Lipinski definition) is 0. The molecule has 0 aromatic rings. The van der Waals surface area contributed by atoms with E-state index in [0.29, 0.717) is 11.3 Å². The van der Waals surface area contributed by atoms with E-state index in [2.05, 4.69) is 9.80 Å². The smallest absolute Gasteiger partial charge is 0.227 e. The molecule has 4 nitrogen and oxygen atoms in total. The van der Waals surface area contributed by atoms with Gasteiger partial charge in [0.15, 0.2) is 0 Å². The zero-order valence-corrected chi connectivity index (χ0v) is 12.8. The zero-order chi connectivity index (χ0) is 14.0. The molecule has 0 radical (unpaired) electrons. The third-order valence-corrected chi connectivity index (χ3v) is 5.65. The summed E-state index contributed by atoms with van der Waals surface area (Å²) in [6, 6.07) is 0. The Kier molecular flexibility index (Phi) is 4.32. The van der Waals surface area contributed by atoms with Gasteiger partial charge in [0.25, 0.3) is 0 Å². The summed E-state index contributed by atoms with van der Waals surface area (Å²) >= 11 is 0. The van der Waals surface area contributed by atoms with E-state index >= 15 is 0 Å². The van der Waals surface area contributed by atoms with Gasteiger partial charge in [0.1, 0.15) is 0 Å². The van der Waals surface area contributed by atoms with Crippen molar-refractivity contribution in [3.63, 3.8) is 0 Å². The highest BCUT2D eigenvalue weighted by Crippen LogP contribution is 2.45. The Labute approximate surface area is 122 Å². The molecule has 0 bridgehead atoms. The molecule has 114 valence electrons. The molecule has 2 aliphatic heterocycles. The summed E-state index contributed by atoms with van der Waals surface area (Å²) in [6.45, 7) is 5.77. The van der Waals surface area contributed by atoms with E-state index < -0.39 is 0 Å². The summed E-state index contributed by atoms with van der Waals surface area (Å²) in [5.41, 5.74) is 0.504. The predicted molar refractivity (Wildman–Crippen MR) is 78.5 cm³/mol. The molecule has 0 unspecified atom stereocenters. The van der Waals surface area contributed by atoms with Gasteiger partial charge in [0, 0.05) is 33.3 Å². The van der Waals surface area contributed by atoms with Crippen LogP contribution < -0.4 is 0 Å². The fourth-order valence-electron chi connectivity index (χ4n) is 4.37. The number of nitrogens with zero attached hydrogens (tertiary/aromatic N) is 2. The van der Waals surface area contributed by atoms with Crippen LogP contribution in [0.25, 0.3) is 0 Å². The Balaban J connectivity index is 1.50. The molecule has 0 aromatic carbocycles. The zero-order valence-electron chi connectivity index (χ0n) is 12.8. The predicted octanol–water partition coefficient (Wildman–Crippen LogP) is 1.75. The lowest BCUT2D eigenvalue weighted by atomic mass is 9.86. The molecule has 1 atom stereocenters. The number of likely N-dealkylation sites (tertiary alicyclic amines) is 2. The topological polar surface area (TPSA) is 32.8 Å². The van der Waals surface area contributed by atoms with Gasteiger partial charge >= 0.3 is 0 Å². The summed E-state index contributed by atoms with van der Waals surface area (Å²) in [5, 5.41) is 0. The molecular formula is C16H28N2O2. The van der Waals surface area contributed by atoms with Crippen molar-refractivity contribution in [3.05, 3.63) is 0 Å². The van der Waals surface area contributed by atoms with E-state index in [1.165, 1.54) is 32.1 Å². The fourth-order valence-corrected chi connectivity index (χ4v) is 4.37. The Morgan fingerprint density at radius 3 is 2.80 bits per heavy atom. The van der Waals surface area contributed by atoms with Crippen molar-refractivity contribution in [1.82, 2.24) is 9.80 Å². The van der Waals surface area contributed by atoms with Gasteiger partial charge in [0.05, 0.1) is 12.5 Å². The molecular weight excluding hydrogens is 252 g/mol. The lowest BCUT2D eigenvalue weighted by molar-refractivity contribution is -0.134. The molecule has 1 saturated carbocycles. The summed E-state index contributed by atoms with van der Waals surface area (Å²) in [4.78, 5) is 17.2. The van der Waals surface area contributed by atoms with Crippen LogP contribution in [0.5, 0.6) is 0 Å². The lowest BCUT2D eigenvalue weighted by Gasteiger charge is -2.25. The van der Waals surface area contributed by atoms with Crippen LogP contribution in [-0.2, 0) is 9.53 Å².